The van der Waals surface area contributed by atoms with Crippen LogP contribution >= 0.6 is 11.8 Å². The Labute approximate surface area is 197 Å². The highest BCUT2D eigenvalue weighted by Crippen LogP contribution is 2.30. The fraction of sp³-hybridized carbons (Fsp3) is 0.304. The number of hydrogen-bond acceptors (Lipinski definition) is 5. The van der Waals surface area contributed by atoms with Gasteiger partial charge in [-0.25, -0.2) is 0 Å². The molecule has 2 aromatic carbocycles. The maximum absolute atomic E-state index is 13.0. The molecule has 0 atom stereocenters. The highest BCUT2D eigenvalue weighted by atomic mass is 32.2. The summed E-state index contributed by atoms with van der Waals surface area (Å²) < 4.78 is 41.5. The topological polar surface area (TPSA) is 81.3 Å². The average Bonchev–Trinajstić information content (AvgIpc) is 3.24. The summed E-state index contributed by atoms with van der Waals surface area (Å²) in [6, 6.07) is 11.4. The van der Waals surface area contributed by atoms with E-state index in [1.807, 2.05) is 6.07 Å². The molecule has 4 aromatic rings. The lowest BCUT2D eigenvalue weighted by molar-refractivity contribution is -0.137. The van der Waals surface area contributed by atoms with Crippen molar-refractivity contribution in [2.45, 2.75) is 44.1 Å². The third-order valence-electron chi connectivity index (χ3n) is 5.29. The van der Waals surface area contributed by atoms with Gasteiger partial charge >= 0.3 is 6.18 Å². The van der Waals surface area contributed by atoms with E-state index >= 15 is 0 Å². The Balaban J connectivity index is 1.56. The van der Waals surface area contributed by atoms with Crippen molar-refractivity contribution in [2.24, 2.45) is 0 Å². The fourth-order valence-corrected chi connectivity index (χ4v) is 4.36. The Kier molecular flexibility index (Phi) is 6.92. The number of hydrogen-bond donors (Lipinski definition) is 1. The first-order chi connectivity index (χ1) is 16.3. The zero-order valence-electron chi connectivity index (χ0n) is 18.3. The van der Waals surface area contributed by atoms with Gasteiger partial charge in [0.05, 0.1) is 22.2 Å². The van der Waals surface area contributed by atoms with Gasteiger partial charge < -0.3 is 5.32 Å². The number of rotatable bonds is 8. The summed E-state index contributed by atoms with van der Waals surface area (Å²) >= 11 is 1.13. The molecule has 0 saturated carbocycles. The van der Waals surface area contributed by atoms with Crippen molar-refractivity contribution in [1.82, 2.24) is 19.2 Å². The summed E-state index contributed by atoms with van der Waals surface area (Å²) in [4.78, 5) is 25.5. The molecule has 1 N–H and O–H groups in total. The summed E-state index contributed by atoms with van der Waals surface area (Å²) in [7, 11) is 0. The summed E-state index contributed by atoms with van der Waals surface area (Å²) in [6.07, 6.45) is -1.62. The van der Waals surface area contributed by atoms with E-state index in [0.717, 1.165) is 43.2 Å². The van der Waals surface area contributed by atoms with Gasteiger partial charge in [-0.15, -0.1) is 10.2 Å². The molecule has 0 aliphatic rings. The quantitative estimate of drug-likeness (QED) is 0.279. The standard InChI is InChI=1S/C23H22F3N5O2S/c1-2-3-6-13-30-20(33)17-7-4-5-8-18(17)31-21(30)28-29-22(31)34-14-19(32)27-16-11-9-15(10-12-16)23(24,25)26/h4-5,7-12H,2-3,6,13-14H2,1H3,(H,27,32). The van der Waals surface area contributed by atoms with Gasteiger partial charge in [-0.2, -0.15) is 13.2 Å². The summed E-state index contributed by atoms with van der Waals surface area (Å²) in [5.41, 5.74) is -0.0142. The summed E-state index contributed by atoms with van der Waals surface area (Å²) in [5.74, 6) is -0.0296. The molecule has 0 fully saturated rings. The smallest absolute Gasteiger partial charge is 0.325 e. The number of carbonyl (C=O) groups is 1. The second-order valence-corrected chi connectivity index (χ2v) is 8.65. The summed E-state index contributed by atoms with van der Waals surface area (Å²) in [6.45, 7) is 2.60. The number of benzene rings is 2. The molecule has 7 nitrogen and oxygen atoms in total. The van der Waals surface area contributed by atoms with Crippen LogP contribution in [-0.4, -0.2) is 30.8 Å². The van der Waals surface area contributed by atoms with E-state index in [1.165, 1.54) is 12.1 Å². The van der Waals surface area contributed by atoms with Gasteiger partial charge in [0, 0.05) is 12.2 Å². The molecule has 0 unspecified atom stereocenters. The van der Waals surface area contributed by atoms with Crippen LogP contribution in [-0.2, 0) is 17.5 Å². The van der Waals surface area contributed by atoms with Crippen molar-refractivity contribution in [2.75, 3.05) is 11.1 Å². The number of para-hydroxylation sites is 1. The number of alkyl halides is 3. The van der Waals surface area contributed by atoms with E-state index in [4.69, 9.17) is 0 Å². The average molecular weight is 490 g/mol. The Bertz CT molecular complexity index is 1380. The molecule has 34 heavy (non-hydrogen) atoms. The van der Waals surface area contributed by atoms with Crippen molar-refractivity contribution in [3.05, 3.63) is 64.4 Å². The molecule has 0 bridgehead atoms. The van der Waals surface area contributed by atoms with Crippen molar-refractivity contribution in [3.8, 4) is 0 Å². The molecular weight excluding hydrogens is 467 g/mol. The number of nitrogens with one attached hydrogen (secondary N) is 1. The van der Waals surface area contributed by atoms with Crippen molar-refractivity contribution >= 4 is 40.0 Å². The summed E-state index contributed by atoms with van der Waals surface area (Å²) in [5, 5.41) is 12.0. The largest absolute Gasteiger partial charge is 0.416 e. The van der Waals surface area contributed by atoms with Gasteiger partial charge in [-0.05, 0) is 42.8 Å². The lowest BCUT2D eigenvalue weighted by Crippen LogP contribution is -2.23. The molecule has 0 spiro atoms. The molecule has 2 heterocycles. The second kappa shape index (κ2) is 9.88. The van der Waals surface area contributed by atoms with Crippen LogP contribution in [0.1, 0.15) is 31.7 Å². The fourth-order valence-electron chi connectivity index (χ4n) is 3.62. The van der Waals surface area contributed by atoms with Crippen LogP contribution in [0.25, 0.3) is 16.7 Å². The number of aromatic nitrogens is 4. The molecule has 178 valence electrons. The zero-order chi connectivity index (χ0) is 24.3. The van der Waals surface area contributed by atoms with E-state index in [1.54, 1.807) is 27.2 Å². The lowest BCUT2D eigenvalue weighted by atomic mass is 10.2. The first-order valence-corrected chi connectivity index (χ1v) is 11.7. The predicted molar refractivity (Wildman–Crippen MR) is 125 cm³/mol. The minimum absolute atomic E-state index is 0.0366. The number of amides is 1. The SMILES string of the molecule is CCCCCn1c(=O)c2ccccc2n2c(SCC(=O)Nc3ccc(C(F)(F)F)cc3)nnc12. The van der Waals surface area contributed by atoms with Crippen molar-refractivity contribution in [3.63, 3.8) is 0 Å². The maximum Gasteiger partial charge on any atom is 0.416 e. The number of nitrogens with zero attached hydrogens (tertiary/aromatic N) is 4. The Morgan fingerprint density at radius 1 is 1.06 bits per heavy atom. The monoisotopic (exact) mass is 489 g/mol. The highest BCUT2D eigenvalue weighted by Gasteiger charge is 2.30. The van der Waals surface area contributed by atoms with Gasteiger partial charge in [0.2, 0.25) is 11.7 Å². The minimum Gasteiger partial charge on any atom is -0.325 e. The number of thioether (sulfide) groups is 1. The Morgan fingerprint density at radius 2 is 1.79 bits per heavy atom. The normalized spacial score (nSPS) is 11.9. The molecular formula is C23H22F3N5O2S. The third-order valence-corrected chi connectivity index (χ3v) is 6.22. The highest BCUT2D eigenvalue weighted by molar-refractivity contribution is 7.99. The van der Waals surface area contributed by atoms with E-state index in [9.17, 15) is 22.8 Å². The molecule has 0 saturated heterocycles. The molecule has 0 aliphatic heterocycles. The van der Waals surface area contributed by atoms with Gasteiger partial charge in [-0.1, -0.05) is 43.7 Å². The number of halogens is 3. The van der Waals surface area contributed by atoms with Crippen LogP contribution in [0.2, 0.25) is 0 Å². The van der Waals surface area contributed by atoms with Crippen LogP contribution in [0.15, 0.2) is 58.5 Å². The number of aryl methyl sites for hydroxylation is 1. The second-order valence-electron chi connectivity index (χ2n) is 7.71. The number of unbranched alkanes of at least 4 members (excludes halogenated alkanes) is 2. The molecule has 0 radical (unpaired) electrons. The third kappa shape index (κ3) is 4.93. The van der Waals surface area contributed by atoms with Crippen LogP contribution in [0.4, 0.5) is 18.9 Å². The first kappa shape index (κ1) is 23.8. The number of anilines is 1. The van der Waals surface area contributed by atoms with Crippen LogP contribution < -0.4 is 10.9 Å². The lowest BCUT2D eigenvalue weighted by Gasteiger charge is -2.11. The zero-order valence-corrected chi connectivity index (χ0v) is 19.1. The van der Waals surface area contributed by atoms with E-state index in [2.05, 4.69) is 22.4 Å². The van der Waals surface area contributed by atoms with Crippen molar-refractivity contribution < 1.29 is 18.0 Å². The number of carbonyl (C=O) groups excluding carboxylic acids is 1. The van der Waals surface area contributed by atoms with Crippen molar-refractivity contribution in [1.29, 1.82) is 0 Å². The number of fused-ring (bicyclic) bond motifs is 3. The van der Waals surface area contributed by atoms with Gasteiger partial charge in [0.1, 0.15) is 0 Å². The minimum atomic E-state index is -4.44. The molecule has 1 amide bonds. The van der Waals surface area contributed by atoms with E-state index in [0.29, 0.717) is 28.4 Å². The molecule has 11 heteroatoms. The molecule has 2 aromatic heterocycles. The Hall–Kier alpha value is -3.34. The molecule has 4 rings (SSSR count). The van der Waals surface area contributed by atoms with Gasteiger partial charge in [0.15, 0.2) is 5.16 Å². The maximum atomic E-state index is 13.0. The first-order valence-electron chi connectivity index (χ1n) is 10.8. The van der Waals surface area contributed by atoms with E-state index in [-0.39, 0.29) is 17.0 Å². The van der Waals surface area contributed by atoms with Gasteiger partial charge in [-0.3, -0.25) is 18.6 Å². The van der Waals surface area contributed by atoms with Gasteiger partial charge in [0.25, 0.3) is 5.56 Å². The van der Waals surface area contributed by atoms with Crippen LogP contribution in [0, 0.1) is 0 Å². The molecule has 0 aliphatic carbocycles. The Morgan fingerprint density at radius 3 is 2.50 bits per heavy atom. The van der Waals surface area contributed by atoms with Crippen LogP contribution in [0.3, 0.4) is 0 Å². The van der Waals surface area contributed by atoms with Crippen LogP contribution in [0.5, 0.6) is 0 Å². The van der Waals surface area contributed by atoms with E-state index < -0.39 is 17.6 Å². The predicted octanol–water partition coefficient (Wildman–Crippen LogP) is 4.98.